The van der Waals surface area contributed by atoms with E-state index in [0.29, 0.717) is 33.5 Å². The van der Waals surface area contributed by atoms with Gasteiger partial charge in [0.25, 0.3) is 11.8 Å². The summed E-state index contributed by atoms with van der Waals surface area (Å²) in [7, 11) is 4.39. The Morgan fingerprint density at radius 2 is 1.61 bits per heavy atom. The van der Waals surface area contributed by atoms with Crippen molar-refractivity contribution in [3.05, 3.63) is 57.8 Å². The van der Waals surface area contributed by atoms with E-state index in [1.807, 2.05) is 0 Å². The molecule has 0 bridgehead atoms. The van der Waals surface area contributed by atoms with Gasteiger partial charge in [-0.1, -0.05) is 11.3 Å². The zero-order valence-corrected chi connectivity index (χ0v) is 17.7. The van der Waals surface area contributed by atoms with E-state index >= 15 is 0 Å². The lowest BCUT2D eigenvalue weighted by Crippen LogP contribution is -2.22. The first-order valence-corrected chi connectivity index (χ1v) is 9.74. The smallest absolute Gasteiger partial charge is 0.286 e. The predicted molar refractivity (Wildman–Crippen MR) is 112 cm³/mol. The maximum atomic E-state index is 13.0. The summed E-state index contributed by atoms with van der Waals surface area (Å²) in [5.41, 5.74) is 0.729. The molecule has 31 heavy (non-hydrogen) atoms. The van der Waals surface area contributed by atoms with Gasteiger partial charge in [-0.25, -0.2) is 4.39 Å². The second kappa shape index (κ2) is 9.85. The van der Waals surface area contributed by atoms with Gasteiger partial charge in [0, 0.05) is 11.3 Å². The van der Waals surface area contributed by atoms with Gasteiger partial charge in [0.1, 0.15) is 10.8 Å². The van der Waals surface area contributed by atoms with Crippen LogP contribution in [-0.4, -0.2) is 43.3 Å². The van der Waals surface area contributed by atoms with Crippen molar-refractivity contribution >= 4 is 28.8 Å². The topological polar surface area (TPSA) is 112 Å². The highest BCUT2D eigenvalue weighted by Crippen LogP contribution is 2.38. The normalized spacial score (nSPS) is 10.3. The van der Waals surface area contributed by atoms with Crippen LogP contribution in [0.4, 0.5) is 10.1 Å². The van der Waals surface area contributed by atoms with E-state index in [4.69, 9.17) is 14.2 Å². The van der Waals surface area contributed by atoms with Crippen LogP contribution in [0.1, 0.15) is 25.2 Å². The van der Waals surface area contributed by atoms with Gasteiger partial charge in [0.05, 0.1) is 27.9 Å². The lowest BCUT2D eigenvalue weighted by atomic mass is 10.1. The van der Waals surface area contributed by atoms with Gasteiger partial charge >= 0.3 is 0 Å². The van der Waals surface area contributed by atoms with Crippen molar-refractivity contribution in [3.8, 4) is 17.2 Å². The van der Waals surface area contributed by atoms with E-state index in [1.54, 1.807) is 0 Å². The van der Waals surface area contributed by atoms with Gasteiger partial charge in [-0.15, -0.1) is 10.2 Å². The first kappa shape index (κ1) is 22.0. The number of carbonyl (C=O) groups excluding carboxylic acids is 2. The van der Waals surface area contributed by atoms with Crippen LogP contribution < -0.4 is 24.8 Å². The SMILES string of the molecule is COc1cc(C(=O)NCc2nnc(C(=O)Nc3ccc(F)cc3)s2)cc(OC)c1OC. The highest BCUT2D eigenvalue weighted by Gasteiger charge is 2.18. The summed E-state index contributed by atoms with van der Waals surface area (Å²) in [4.78, 5) is 24.8. The molecule has 0 radical (unpaired) electrons. The number of nitrogens with zero attached hydrogens (tertiary/aromatic N) is 2. The molecule has 0 fully saturated rings. The number of hydrogen-bond acceptors (Lipinski definition) is 8. The van der Waals surface area contributed by atoms with Gasteiger partial charge in [0.2, 0.25) is 10.8 Å². The first-order chi connectivity index (χ1) is 14.9. The van der Waals surface area contributed by atoms with Crippen molar-refractivity contribution < 1.29 is 28.2 Å². The van der Waals surface area contributed by atoms with Crippen molar-refractivity contribution in [2.45, 2.75) is 6.54 Å². The maximum absolute atomic E-state index is 13.0. The Hall–Kier alpha value is -3.73. The van der Waals surface area contributed by atoms with E-state index in [0.717, 1.165) is 11.3 Å². The van der Waals surface area contributed by atoms with Gasteiger partial charge in [-0.05, 0) is 36.4 Å². The monoisotopic (exact) mass is 446 g/mol. The molecule has 0 atom stereocenters. The van der Waals surface area contributed by atoms with Crippen molar-refractivity contribution in [1.29, 1.82) is 0 Å². The van der Waals surface area contributed by atoms with Crippen LogP contribution in [0, 0.1) is 5.82 Å². The average molecular weight is 446 g/mol. The van der Waals surface area contributed by atoms with Gasteiger partial charge in [0.15, 0.2) is 11.5 Å². The Morgan fingerprint density at radius 1 is 0.968 bits per heavy atom. The van der Waals surface area contributed by atoms with Crippen LogP contribution >= 0.6 is 11.3 Å². The number of benzene rings is 2. The number of anilines is 1. The molecule has 0 aliphatic heterocycles. The molecule has 0 aliphatic carbocycles. The fraction of sp³-hybridized carbons (Fsp3) is 0.200. The average Bonchev–Trinajstić information content (AvgIpc) is 3.27. The molecular formula is C20H19FN4O5S. The molecule has 3 rings (SSSR count). The number of ether oxygens (including phenoxy) is 3. The number of hydrogen-bond donors (Lipinski definition) is 2. The zero-order valence-electron chi connectivity index (χ0n) is 16.9. The molecule has 0 aliphatic rings. The summed E-state index contributed by atoms with van der Waals surface area (Å²) in [5.74, 6) is -0.204. The minimum Gasteiger partial charge on any atom is -0.493 e. The summed E-state index contributed by atoms with van der Waals surface area (Å²) in [6.07, 6.45) is 0. The first-order valence-electron chi connectivity index (χ1n) is 8.92. The van der Waals surface area contributed by atoms with Gasteiger partial charge in [-0.2, -0.15) is 0 Å². The Bertz CT molecular complexity index is 1060. The molecule has 0 spiro atoms. The Labute approximate surface area is 181 Å². The molecule has 11 heteroatoms. The predicted octanol–water partition coefficient (Wildman–Crippen LogP) is 2.89. The molecular weight excluding hydrogens is 427 g/mol. The van der Waals surface area contributed by atoms with Crippen LogP contribution in [0.2, 0.25) is 0 Å². The summed E-state index contributed by atoms with van der Waals surface area (Å²) < 4.78 is 28.7. The maximum Gasteiger partial charge on any atom is 0.286 e. The molecule has 0 saturated carbocycles. The van der Waals surface area contributed by atoms with Gasteiger partial charge < -0.3 is 24.8 Å². The minimum atomic E-state index is -0.480. The Balaban J connectivity index is 1.64. The third-order valence-corrected chi connectivity index (χ3v) is 5.01. The van der Waals surface area contributed by atoms with Gasteiger partial charge in [-0.3, -0.25) is 9.59 Å². The number of rotatable bonds is 8. The van der Waals surface area contributed by atoms with E-state index in [9.17, 15) is 14.0 Å². The Morgan fingerprint density at radius 3 is 2.19 bits per heavy atom. The van der Waals surface area contributed by atoms with E-state index in [2.05, 4.69) is 20.8 Å². The summed E-state index contributed by atoms with van der Waals surface area (Å²) in [6, 6.07) is 8.40. The molecule has 9 nitrogen and oxygen atoms in total. The third-order valence-electron chi connectivity index (χ3n) is 4.09. The summed E-state index contributed by atoms with van der Waals surface area (Å²) in [6.45, 7) is 0.0665. The quantitative estimate of drug-likeness (QED) is 0.547. The number of methoxy groups -OCH3 is 3. The minimum absolute atomic E-state index is 0.0665. The number of nitrogens with one attached hydrogen (secondary N) is 2. The van der Waals surface area contributed by atoms with Crippen LogP contribution in [-0.2, 0) is 6.54 Å². The summed E-state index contributed by atoms with van der Waals surface area (Å²) in [5, 5.41) is 13.6. The van der Waals surface area contributed by atoms with E-state index in [1.165, 1.54) is 57.7 Å². The van der Waals surface area contributed by atoms with Crippen molar-refractivity contribution in [1.82, 2.24) is 15.5 Å². The summed E-state index contributed by atoms with van der Waals surface area (Å²) >= 11 is 1.03. The van der Waals surface area contributed by atoms with Crippen LogP contribution in [0.25, 0.3) is 0 Å². The number of aromatic nitrogens is 2. The van der Waals surface area contributed by atoms with Crippen LogP contribution in [0.15, 0.2) is 36.4 Å². The second-order valence-electron chi connectivity index (χ2n) is 6.06. The number of halogens is 1. The van der Waals surface area contributed by atoms with E-state index in [-0.39, 0.29) is 11.6 Å². The van der Waals surface area contributed by atoms with Crippen LogP contribution in [0.5, 0.6) is 17.2 Å². The van der Waals surface area contributed by atoms with Crippen molar-refractivity contribution in [2.75, 3.05) is 26.6 Å². The molecule has 0 saturated heterocycles. The van der Waals surface area contributed by atoms with E-state index < -0.39 is 17.6 Å². The molecule has 2 aromatic carbocycles. The highest BCUT2D eigenvalue weighted by atomic mass is 32.1. The molecule has 162 valence electrons. The number of carbonyl (C=O) groups is 2. The molecule has 3 aromatic rings. The fourth-order valence-electron chi connectivity index (χ4n) is 2.60. The largest absolute Gasteiger partial charge is 0.493 e. The molecule has 1 aromatic heterocycles. The van der Waals surface area contributed by atoms with Crippen LogP contribution in [0.3, 0.4) is 0 Å². The number of amides is 2. The lowest BCUT2D eigenvalue weighted by Gasteiger charge is -2.13. The Kier molecular flexibility index (Phi) is 6.98. The fourth-order valence-corrected chi connectivity index (χ4v) is 3.28. The standard InChI is InChI=1S/C20H19FN4O5S/c1-28-14-8-11(9-15(29-2)17(14)30-3)18(26)22-10-16-24-25-20(31-16)19(27)23-13-6-4-12(21)5-7-13/h4-9H,10H2,1-3H3,(H,22,26)(H,23,27). The highest BCUT2D eigenvalue weighted by molar-refractivity contribution is 7.13. The zero-order chi connectivity index (χ0) is 22.4. The lowest BCUT2D eigenvalue weighted by molar-refractivity contribution is 0.0949. The molecule has 1 heterocycles. The third kappa shape index (κ3) is 5.25. The van der Waals surface area contributed by atoms with Crippen molar-refractivity contribution in [3.63, 3.8) is 0 Å². The molecule has 0 unspecified atom stereocenters. The molecule has 2 N–H and O–H groups in total. The second-order valence-corrected chi connectivity index (χ2v) is 7.12. The van der Waals surface area contributed by atoms with Crippen molar-refractivity contribution in [2.24, 2.45) is 0 Å². The molecule has 2 amide bonds.